The number of hydrogen-bond donors (Lipinski definition) is 3. The molecular formula is C27H32F3N5O3. The Morgan fingerprint density at radius 1 is 1.00 bits per heavy atom. The van der Waals surface area contributed by atoms with Crippen LogP contribution in [0.1, 0.15) is 41.6 Å². The van der Waals surface area contributed by atoms with Crippen LogP contribution in [-0.2, 0) is 4.79 Å². The first-order chi connectivity index (χ1) is 18.0. The lowest BCUT2D eigenvalue weighted by Crippen LogP contribution is -2.34. The minimum atomic E-state index is -5.08. The maximum absolute atomic E-state index is 12.5. The highest BCUT2D eigenvalue weighted by molar-refractivity contribution is 5.95. The summed E-state index contributed by atoms with van der Waals surface area (Å²) in [6.07, 6.45) is -0.809. The van der Waals surface area contributed by atoms with Crippen LogP contribution in [0.4, 0.5) is 24.9 Å². The van der Waals surface area contributed by atoms with Crippen LogP contribution >= 0.6 is 0 Å². The monoisotopic (exact) mass is 531 g/mol. The number of benzene rings is 2. The lowest BCUT2D eigenvalue weighted by atomic mass is 9.86. The number of fused-ring (bicyclic) bond motifs is 1. The molecule has 1 saturated carbocycles. The number of alkyl halides is 3. The second kappa shape index (κ2) is 12.6. The van der Waals surface area contributed by atoms with Crippen molar-refractivity contribution in [1.82, 2.24) is 15.3 Å². The predicted octanol–water partition coefficient (Wildman–Crippen LogP) is 5.04. The summed E-state index contributed by atoms with van der Waals surface area (Å²) in [6, 6.07) is 16.2. The largest absolute Gasteiger partial charge is 0.490 e. The molecule has 0 atom stereocenters. The highest BCUT2D eigenvalue weighted by Crippen LogP contribution is 2.28. The molecule has 1 amide bonds. The fourth-order valence-corrected chi connectivity index (χ4v) is 4.32. The molecule has 1 fully saturated rings. The van der Waals surface area contributed by atoms with E-state index < -0.39 is 12.1 Å². The smallest absolute Gasteiger partial charge is 0.475 e. The molecule has 2 aromatic carbocycles. The van der Waals surface area contributed by atoms with Crippen LogP contribution in [0.3, 0.4) is 0 Å². The molecule has 204 valence electrons. The summed E-state index contributed by atoms with van der Waals surface area (Å²) in [5, 5.41) is 14.9. The predicted molar refractivity (Wildman–Crippen MR) is 140 cm³/mol. The molecule has 4 rings (SSSR count). The molecule has 3 aromatic rings. The highest BCUT2D eigenvalue weighted by atomic mass is 19.4. The number of carbonyl (C=O) groups excluding carboxylic acids is 1. The second-order valence-corrected chi connectivity index (χ2v) is 9.47. The summed E-state index contributed by atoms with van der Waals surface area (Å²) in [5.74, 6) is -0.591. The van der Waals surface area contributed by atoms with Crippen molar-refractivity contribution in [1.29, 1.82) is 0 Å². The summed E-state index contributed by atoms with van der Waals surface area (Å²) in [7, 11) is 4.02. The molecule has 1 aliphatic carbocycles. The van der Waals surface area contributed by atoms with Gasteiger partial charge in [0.25, 0.3) is 5.91 Å². The third kappa shape index (κ3) is 7.80. The first-order valence-electron chi connectivity index (χ1n) is 12.3. The number of carbonyl (C=O) groups is 2. The number of carboxylic acids is 1. The van der Waals surface area contributed by atoms with Gasteiger partial charge in [-0.05, 0) is 62.3 Å². The minimum absolute atomic E-state index is 0.0270. The molecule has 0 unspecified atom stereocenters. The summed E-state index contributed by atoms with van der Waals surface area (Å²) in [4.78, 5) is 32.9. The highest BCUT2D eigenvalue weighted by Gasteiger charge is 2.38. The van der Waals surface area contributed by atoms with Crippen LogP contribution in [0.5, 0.6) is 0 Å². The molecule has 8 nitrogen and oxygen atoms in total. The van der Waals surface area contributed by atoms with E-state index in [2.05, 4.69) is 16.7 Å². The summed E-state index contributed by atoms with van der Waals surface area (Å²) in [5.41, 5.74) is 2.74. The van der Waals surface area contributed by atoms with E-state index in [1.54, 1.807) is 0 Å². The molecule has 1 heterocycles. The van der Waals surface area contributed by atoms with Crippen molar-refractivity contribution in [3.63, 3.8) is 0 Å². The molecule has 11 heteroatoms. The number of aliphatic carboxylic acids is 1. The van der Waals surface area contributed by atoms with Crippen molar-refractivity contribution >= 4 is 34.5 Å². The molecule has 0 spiro atoms. The van der Waals surface area contributed by atoms with E-state index >= 15 is 0 Å². The quantitative estimate of drug-likeness (QED) is 0.409. The Balaban J connectivity index is 0.000000505. The maximum Gasteiger partial charge on any atom is 0.490 e. The standard InChI is InChI=1S/C25H31N5O.C2HF3O2/c1-17-8-4-5-9-20(17)24(31)26-16-18-12-14-19(15-13-18)27-25-28-22-11-7-6-10-21(22)23(29-25)30(2)3;3-2(4,5)1(6)7/h4-11,18-19H,12-16H2,1-3H3,(H,26,31)(H,27,28,29);(H,6,7). The van der Waals surface area contributed by atoms with Crippen LogP contribution < -0.4 is 15.5 Å². The molecule has 1 aliphatic rings. The van der Waals surface area contributed by atoms with E-state index in [0.29, 0.717) is 17.9 Å². The lowest BCUT2D eigenvalue weighted by molar-refractivity contribution is -0.192. The van der Waals surface area contributed by atoms with Gasteiger partial charge in [0.1, 0.15) is 5.82 Å². The van der Waals surface area contributed by atoms with Crippen LogP contribution in [0.25, 0.3) is 10.9 Å². The van der Waals surface area contributed by atoms with Crippen molar-refractivity contribution < 1.29 is 27.9 Å². The van der Waals surface area contributed by atoms with Gasteiger partial charge in [0.2, 0.25) is 5.95 Å². The van der Waals surface area contributed by atoms with Crippen molar-refractivity contribution in [2.24, 2.45) is 5.92 Å². The van der Waals surface area contributed by atoms with Crippen LogP contribution in [0.15, 0.2) is 48.5 Å². The Morgan fingerprint density at radius 3 is 2.21 bits per heavy atom. The molecule has 0 aliphatic heterocycles. The van der Waals surface area contributed by atoms with Gasteiger partial charge in [-0.1, -0.05) is 30.3 Å². The van der Waals surface area contributed by atoms with E-state index in [9.17, 15) is 18.0 Å². The van der Waals surface area contributed by atoms with Gasteiger partial charge >= 0.3 is 12.1 Å². The Kier molecular flexibility index (Phi) is 9.49. The topological polar surface area (TPSA) is 107 Å². The van der Waals surface area contributed by atoms with Gasteiger partial charge in [-0.15, -0.1) is 0 Å². The van der Waals surface area contributed by atoms with Crippen molar-refractivity contribution in [2.75, 3.05) is 30.9 Å². The number of amides is 1. The molecule has 3 N–H and O–H groups in total. The molecule has 0 bridgehead atoms. The number of nitrogens with one attached hydrogen (secondary N) is 2. The number of halogens is 3. The fourth-order valence-electron chi connectivity index (χ4n) is 4.32. The zero-order valence-corrected chi connectivity index (χ0v) is 21.5. The van der Waals surface area contributed by atoms with Gasteiger partial charge < -0.3 is 20.6 Å². The van der Waals surface area contributed by atoms with Gasteiger partial charge in [0.05, 0.1) is 5.52 Å². The zero-order valence-electron chi connectivity index (χ0n) is 21.5. The van der Waals surface area contributed by atoms with Crippen LogP contribution in [0, 0.1) is 12.8 Å². The Morgan fingerprint density at radius 2 is 1.61 bits per heavy atom. The number of hydrogen-bond acceptors (Lipinski definition) is 6. The molecule has 38 heavy (non-hydrogen) atoms. The second-order valence-electron chi connectivity index (χ2n) is 9.47. The average molecular weight is 532 g/mol. The Labute approximate surface area is 219 Å². The molecular weight excluding hydrogens is 499 g/mol. The van der Waals surface area contributed by atoms with Gasteiger partial charge in [0.15, 0.2) is 0 Å². The molecule has 0 saturated heterocycles. The number of nitrogens with zero attached hydrogens (tertiary/aromatic N) is 3. The van der Waals surface area contributed by atoms with Gasteiger partial charge in [-0.25, -0.2) is 9.78 Å². The van der Waals surface area contributed by atoms with E-state index in [4.69, 9.17) is 19.9 Å². The normalized spacial score (nSPS) is 17.2. The maximum atomic E-state index is 12.5. The number of aromatic nitrogens is 2. The van der Waals surface area contributed by atoms with Gasteiger partial charge in [-0.3, -0.25) is 4.79 Å². The molecule has 0 radical (unpaired) electrons. The lowest BCUT2D eigenvalue weighted by Gasteiger charge is -2.29. The Bertz CT molecular complexity index is 1260. The third-order valence-corrected chi connectivity index (χ3v) is 6.37. The van der Waals surface area contributed by atoms with Crippen LogP contribution in [-0.4, -0.2) is 59.8 Å². The SMILES string of the molecule is Cc1ccccc1C(=O)NCC1CCC(Nc2nc(N(C)C)c3ccccc3n2)CC1.O=C(O)C(F)(F)F. The average Bonchev–Trinajstić information content (AvgIpc) is 2.87. The van der Waals surface area contributed by atoms with E-state index in [1.807, 2.05) is 68.4 Å². The van der Waals surface area contributed by atoms with E-state index in [1.165, 1.54) is 0 Å². The number of anilines is 2. The Hall–Kier alpha value is -3.89. The molecule has 1 aromatic heterocycles. The number of rotatable bonds is 6. The van der Waals surface area contributed by atoms with Crippen molar-refractivity contribution in [3.05, 3.63) is 59.7 Å². The van der Waals surface area contributed by atoms with Crippen molar-refractivity contribution in [2.45, 2.75) is 44.8 Å². The van der Waals surface area contributed by atoms with Gasteiger partial charge in [-0.2, -0.15) is 18.2 Å². The zero-order chi connectivity index (χ0) is 27.9. The van der Waals surface area contributed by atoms with Crippen LogP contribution in [0.2, 0.25) is 0 Å². The summed E-state index contributed by atoms with van der Waals surface area (Å²) in [6.45, 7) is 2.71. The third-order valence-electron chi connectivity index (χ3n) is 6.37. The van der Waals surface area contributed by atoms with E-state index in [0.717, 1.165) is 60.1 Å². The summed E-state index contributed by atoms with van der Waals surface area (Å²) >= 11 is 0. The number of aryl methyl sites for hydroxylation is 1. The van der Waals surface area contributed by atoms with Crippen molar-refractivity contribution in [3.8, 4) is 0 Å². The first-order valence-corrected chi connectivity index (χ1v) is 12.3. The number of carboxylic acid groups (broad SMARTS) is 1. The van der Waals surface area contributed by atoms with E-state index in [-0.39, 0.29) is 5.91 Å². The van der Waals surface area contributed by atoms with Gasteiger partial charge in [0, 0.05) is 37.6 Å². The first kappa shape index (κ1) is 28.7. The number of para-hydroxylation sites is 1. The fraction of sp³-hybridized carbons (Fsp3) is 0.407. The summed E-state index contributed by atoms with van der Waals surface area (Å²) < 4.78 is 31.7. The minimum Gasteiger partial charge on any atom is -0.475 e.